The summed E-state index contributed by atoms with van der Waals surface area (Å²) >= 11 is 0. The highest BCUT2D eigenvalue weighted by Crippen LogP contribution is 2.28. The third-order valence-corrected chi connectivity index (χ3v) is 4.11. The maximum absolute atomic E-state index is 12.0. The summed E-state index contributed by atoms with van der Waals surface area (Å²) in [6, 6.07) is 0. The van der Waals surface area contributed by atoms with Crippen LogP contribution in [0, 0.1) is 11.8 Å². The molecule has 0 aromatic heterocycles. The summed E-state index contributed by atoms with van der Waals surface area (Å²) in [4.78, 5) is 12.0. The van der Waals surface area contributed by atoms with E-state index < -0.39 is 17.4 Å². The lowest BCUT2D eigenvalue weighted by Crippen LogP contribution is -2.40. The molecule has 2 unspecified atom stereocenters. The summed E-state index contributed by atoms with van der Waals surface area (Å²) in [6.07, 6.45) is 4.62. The van der Waals surface area contributed by atoms with Crippen molar-refractivity contribution in [3.63, 3.8) is 0 Å². The molecule has 0 heterocycles. The van der Waals surface area contributed by atoms with Crippen molar-refractivity contribution >= 4 is 6.16 Å². The Balaban J connectivity index is 4.62. The number of rotatable bonds is 8. The minimum Gasteiger partial charge on any atom is -0.428 e. The molecule has 0 aliphatic heterocycles. The number of hydrogen-bond donors (Lipinski definition) is 0. The Morgan fingerprint density at radius 2 is 1.25 bits per heavy atom. The Morgan fingerprint density at radius 3 is 1.50 bits per heavy atom. The lowest BCUT2D eigenvalue weighted by Gasteiger charge is -2.35. The van der Waals surface area contributed by atoms with Gasteiger partial charge in [0, 0.05) is 0 Å². The molecule has 116 valence electrons. The number of allylic oxidation sites excluding steroid dienone is 2. The van der Waals surface area contributed by atoms with E-state index in [9.17, 15) is 4.79 Å². The van der Waals surface area contributed by atoms with E-state index in [0.29, 0.717) is 0 Å². The van der Waals surface area contributed by atoms with Gasteiger partial charge in [0.15, 0.2) is 0 Å². The lowest BCUT2D eigenvalue weighted by molar-refractivity contribution is -0.0890. The maximum Gasteiger partial charge on any atom is 0.509 e. The van der Waals surface area contributed by atoms with Crippen molar-refractivity contribution in [2.45, 2.75) is 65.6 Å². The fraction of sp³-hybridized carbons (Fsp3) is 0.706. The van der Waals surface area contributed by atoms with Crippen LogP contribution >= 0.6 is 0 Å². The highest BCUT2D eigenvalue weighted by molar-refractivity contribution is 5.61. The Bertz CT molecular complexity index is 310. The second kappa shape index (κ2) is 7.51. The number of ether oxygens (including phenoxy) is 2. The Morgan fingerprint density at radius 1 is 0.950 bits per heavy atom. The van der Waals surface area contributed by atoms with Crippen LogP contribution < -0.4 is 0 Å². The van der Waals surface area contributed by atoms with Crippen LogP contribution in [0.4, 0.5) is 4.79 Å². The molecule has 20 heavy (non-hydrogen) atoms. The molecule has 0 spiro atoms. The van der Waals surface area contributed by atoms with Crippen molar-refractivity contribution < 1.29 is 14.3 Å². The van der Waals surface area contributed by atoms with Crippen LogP contribution in [0.1, 0.15) is 54.4 Å². The highest BCUT2D eigenvalue weighted by atomic mass is 16.7. The fourth-order valence-electron chi connectivity index (χ4n) is 1.72. The quantitative estimate of drug-likeness (QED) is 0.458. The zero-order valence-electron chi connectivity index (χ0n) is 13.9. The fourth-order valence-corrected chi connectivity index (χ4v) is 1.72. The van der Waals surface area contributed by atoms with Gasteiger partial charge in [0.2, 0.25) is 0 Å². The predicted octanol–water partition coefficient (Wildman–Crippen LogP) is 5.12. The smallest absolute Gasteiger partial charge is 0.428 e. The summed E-state index contributed by atoms with van der Waals surface area (Å²) < 4.78 is 11.0. The predicted molar refractivity (Wildman–Crippen MR) is 83.7 cm³/mol. The zero-order chi connectivity index (χ0) is 16.0. The van der Waals surface area contributed by atoms with Crippen molar-refractivity contribution in [3.8, 4) is 0 Å². The van der Waals surface area contributed by atoms with E-state index in [0.717, 1.165) is 12.8 Å². The molecule has 3 nitrogen and oxygen atoms in total. The normalized spacial score (nSPS) is 15.1. The van der Waals surface area contributed by atoms with Crippen LogP contribution in [0.15, 0.2) is 25.3 Å². The molecule has 0 radical (unpaired) electrons. The van der Waals surface area contributed by atoms with Crippen LogP contribution in [-0.4, -0.2) is 17.4 Å². The number of hydrogen-bond acceptors (Lipinski definition) is 3. The third-order valence-electron chi connectivity index (χ3n) is 4.11. The van der Waals surface area contributed by atoms with Crippen molar-refractivity contribution in [2.75, 3.05) is 0 Å². The van der Waals surface area contributed by atoms with Gasteiger partial charge in [0.05, 0.1) is 0 Å². The van der Waals surface area contributed by atoms with Crippen LogP contribution in [0.5, 0.6) is 0 Å². The molecule has 0 bridgehead atoms. The van der Waals surface area contributed by atoms with Crippen molar-refractivity contribution in [1.29, 1.82) is 0 Å². The van der Waals surface area contributed by atoms with E-state index >= 15 is 0 Å². The first-order valence-corrected chi connectivity index (χ1v) is 7.20. The first-order chi connectivity index (χ1) is 9.06. The average molecular weight is 282 g/mol. The summed E-state index contributed by atoms with van der Waals surface area (Å²) in [6.45, 7) is 19.1. The van der Waals surface area contributed by atoms with Gasteiger partial charge >= 0.3 is 6.16 Å². The topological polar surface area (TPSA) is 35.5 Å². The van der Waals surface area contributed by atoms with Crippen LogP contribution in [0.25, 0.3) is 0 Å². The molecule has 0 aliphatic carbocycles. The molecule has 2 atom stereocenters. The molecular weight excluding hydrogens is 252 g/mol. The molecule has 3 heteroatoms. The van der Waals surface area contributed by atoms with E-state index in [4.69, 9.17) is 9.47 Å². The van der Waals surface area contributed by atoms with E-state index in [1.54, 1.807) is 0 Å². The minimum atomic E-state index is -0.619. The molecular formula is C17H30O3. The van der Waals surface area contributed by atoms with Crippen LogP contribution in [-0.2, 0) is 9.47 Å². The van der Waals surface area contributed by atoms with Gasteiger partial charge in [-0.05, 0) is 52.4 Å². The molecule has 0 aromatic carbocycles. The van der Waals surface area contributed by atoms with Gasteiger partial charge in [-0.2, -0.15) is 0 Å². The van der Waals surface area contributed by atoms with Gasteiger partial charge in [0.25, 0.3) is 0 Å². The summed E-state index contributed by atoms with van der Waals surface area (Å²) in [5, 5.41) is 0. The monoisotopic (exact) mass is 282 g/mol. The van der Waals surface area contributed by atoms with E-state index in [2.05, 4.69) is 13.2 Å². The molecule has 0 fully saturated rings. The zero-order valence-corrected chi connectivity index (χ0v) is 13.9. The second-order valence-corrected chi connectivity index (χ2v) is 6.51. The SMILES string of the molecule is C=CCC(C)C(C)(C)OC(=O)OC(C)(C)C(C)CC=C. The second-order valence-electron chi connectivity index (χ2n) is 6.51. The van der Waals surface area contributed by atoms with Gasteiger partial charge < -0.3 is 9.47 Å². The molecule has 0 rings (SSSR count). The number of carbonyl (C=O) groups is 1. The maximum atomic E-state index is 12.0. The van der Waals surface area contributed by atoms with Gasteiger partial charge in [-0.15, -0.1) is 13.2 Å². The standard InChI is InChI=1S/C17H30O3/c1-9-11-13(3)16(5,6)19-15(18)20-17(7,8)14(4)12-10-2/h9-10,13-14H,1-2,11-12H2,3-8H3. The minimum absolute atomic E-state index is 0.182. The van der Waals surface area contributed by atoms with Crippen LogP contribution in [0.3, 0.4) is 0 Å². The van der Waals surface area contributed by atoms with Crippen molar-refractivity contribution in [3.05, 3.63) is 25.3 Å². The van der Waals surface area contributed by atoms with Crippen LogP contribution in [0.2, 0.25) is 0 Å². The lowest BCUT2D eigenvalue weighted by atomic mass is 9.89. The van der Waals surface area contributed by atoms with Crippen molar-refractivity contribution in [2.24, 2.45) is 11.8 Å². The van der Waals surface area contributed by atoms with Gasteiger partial charge in [-0.1, -0.05) is 26.0 Å². The molecule has 0 N–H and O–H groups in total. The molecule has 0 amide bonds. The molecule has 0 aromatic rings. The summed E-state index contributed by atoms with van der Waals surface area (Å²) in [5.41, 5.74) is -1.16. The van der Waals surface area contributed by atoms with Gasteiger partial charge in [0.1, 0.15) is 11.2 Å². The summed E-state index contributed by atoms with van der Waals surface area (Å²) in [5.74, 6) is 0.363. The molecule has 0 saturated heterocycles. The molecule has 0 saturated carbocycles. The van der Waals surface area contributed by atoms with Gasteiger partial charge in [-0.3, -0.25) is 0 Å². The average Bonchev–Trinajstić information content (AvgIpc) is 2.27. The van der Waals surface area contributed by atoms with Gasteiger partial charge in [-0.25, -0.2) is 4.79 Å². The summed E-state index contributed by atoms with van der Waals surface area (Å²) in [7, 11) is 0. The first-order valence-electron chi connectivity index (χ1n) is 7.20. The largest absolute Gasteiger partial charge is 0.509 e. The Kier molecular flexibility index (Phi) is 7.04. The highest BCUT2D eigenvalue weighted by Gasteiger charge is 2.34. The molecule has 0 aliphatic rings. The van der Waals surface area contributed by atoms with Crippen molar-refractivity contribution in [1.82, 2.24) is 0 Å². The van der Waals surface area contributed by atoms with E-state index in [-0.39, 0.29) is 11.8 Å². The van der Waals surface area contributed by atoms with E-state index in [1.165, 1.54) is 0 Å². The first kappa shape index (κ1) is 18.8. The Hall–Kier alpha value is -1.25. The van der Waals surface area contributed by atoms with E-state index in [1.807, 2.05) is 53.7 Å². The Labute approximate surface area is 124 Å². The number of carbonyl (C=O) groups excluding carboxylic acids is 1. The third kappa shape index (κ3) is 5.81.